The van der Waals surface area contributed by atoms with Gasteiger partial charge in [-0.05, 0) is 23.8 Å². The largest absolute Gasteiger partial charge is 0.480 e. The van der Waals surface area contributed by atoms with Crippen LogP contribution in [0.4, 0.5) is 5.69 Å². The van der Waals surface area contributed by atoms with Crippen LogP contribution >= 0.6 is 11.6 Å². The summed E-state index contributed by atoms with van der Waals surface area (Å²) in [4.78, 5) is 29.3. The summed E-state index contributed by atoms with van der Waals surface area (Å²) in [6.07, 6.45) is 1.66. The fourth-order valence-corrected chi connectivity index (χ4v) is 2.57. The zero-order chi connectivity index (χ0) is 15.0. The number of carbonyl (C=O) groups excluding carboxylic acids is 1. The number of amides is 1. The molecule has 1 aromatic carbocycles. The van der Waals surface area contributed by atoms with Crippen LogP contribution in [-0.2, 0) is 11.2 Å². The third kappa shape index (κ3) is 2.36. The SMILES string of the molecule is O=C(O)[C@@H]1Cc2ccccc2N1C(=O)c1ccc(Cl)cn1. The monoisotopic (exact) mass is 302 g/mol. The Balaban J connectivity index is 2.03. The maximum atomic E-state index is 12.6. The number of halogens is 1. The van der Waals surface area contributed by atoms with Gasteiger partial charge in [0.05, 0.1) is 5.02 Å². The van der Waals surface area contributed by atoms with E-state index in [1.807, 2.05) is 12.1 Å². The van der Waals surface area contributed by atoms with E-state index in [0.717, 1.165) is 5.56 Å². The Morgan fingerprint density at radius 1 is 1.24 bits per heavy atom. The zero-order valence-electron chi connectivity index (χ0n) is 10.9. The van der Waals surface area contributed by atoms with Crippen molar-refractivity contribution in [2.24, 2.45) is 0 Å². The third-order valence-corrected chi connectivity index (χ3v) is 3.65. The van der Waals surface area contributed by atoms with E-state index in [9.17, 15) is 14.7 Å². The quantitative estimate of drug-likeness (QED) is 0.924. The summed E-state index contributed by atoms with van der Waals surface area (Å²) in [5.74, 6) is -1.47. The van der Waals surface area contributed by atoms with E-state index in [2.05, 4.69) is 4.98 Å². The van der Waals surface area contributed by atoms with Gasteiger partial charge >= 0.3 is 5.97 Å². The van der Waals surface area contributed by atoms with Gasteiger partial charge in [-0.3, -0.25) is 9.69 Å². The molecule has 1 atom stereocenters. The molecule has 5 nitrogen and oxygen atoms in total. The second kappa shape index (κ2) is 5.18. The van der Waals surface area contributed by atoms with E-state index in [1.165, 1.54) is 17.2 Å². The molecule has 1 aliphatic heterocycles. The number of nitrogens with zero attached hydrogens (tertiary/aromatic N) is 2. The maximum Gasteiger partial charge on any atom is 0.327 e. The topological polar surface area (TPSA) is 70.5 Å². The molecular formula is C15H11ClN2O3. The van der Waals surface area contributed by atoms with Crippen LogP contribution in [0.15, 0.2) is 42.6 Å². The average molecular weight is 303 g/mol. The van der Waals surface area contributed by atoms with Crippen LogP contribution in [0.3, 0.4) is 0 Å². The Morgan fingerprint density at radius 3 is 2.67 bits per heavy atom. The van der Waals surface area contributed by atoms with Crippen molar-refractivity contribution in [3.05, 3.63) is 58.9 Å². The molecule has 0 unspecified atom stereocenters. The highest BCUT2D eigenvalue weighted by atomic mass is 35.5. The second-order valence-electron chi connectivity index (χ2n) is 4.72. The van der Waals surface area contributed by atoms with Gasteiger partial charge < -0.3 is 5.11 Å². The van der Waals surface area contributed by atoms with Gasteiger partial charge in [0.25, 0.3) is 5.91 Å². The highest BCUT2D eigenvalue weighted by molar-refractivity contribution is 6.30. The molecule has 0 saturated heterocycles. The van der Waals surface area contributed by atoms with Gasteiger partial charge in [0.1, 0.15) is 11.7 Å². The Hall–Kier alpha value is -2.40. The number of aliphatic carboxylic acids is 1. The predicted molar refractivity (Wildman–Crippen MR) is 77.6 cm³/mol. The van der Waals surface area contributed by atoms with E-state index >= 15 is 0 Å². The first-order valence-electron chi connectivity index (χ1n) is 6.34. The maximum absolute atomic E-state index is 12.6. The number of hydrogen-bond acceptors (Lipinski definition) is 3. The molecule has 0 saturated carbocycles. The number of carboxylic acid groups (broad SMARTS) is 1. The van der Waals surface area contributed by atoms with Gasteiger partial charge in [-0.1, -0.05) is 29.8 Å². The number of hydrogen-bond donors (Lipinski definition) is 1. The molecule has 1 N–H and O–H groups in total. The summed E-state index contributed by atoms with van der Waals surface area (Å²) in [6, 6.07) is 9.31. The van der Waals surface area contributed by atoms with Gasteiger partial charge in [0.15, 0.2) is 0 Å². The van der Waals surface area contributed by atoms with Crippen molar-refractivity contribution in [3.8, 4) is 0 Å². The van der Waals surface area contributed by atoms with Crippen LogP contribution in [0, 0.1) is 0 Å². The van der Waals surface area contributed by atoms with Crippen LogP contribution in [0.1, 0.15) is 16.1 Å². The van der Waals surface area contributed by atoms with Gasteiger partial charge in [0.2, 0.25) is 0 Å². The summed E-state index contributed by atoms with van der Waals surface area (Å²) in [6.45, 7) is 0. The number of carbonyl (C=O) groups is 2. The Kier molecular flexibility index (Phi) is 3.35. The van der Waals surface area contributed by atoms with Crippen molar-refractivity contribution in [2.45, 2.75) is 12.5 Å². The van der Waals surface area contributed by atoms with Crippen LogP contribution in [-0.4, -0.2) is 28.0 Å². The molecule has 1 aliphatic rings. The van der Waals surface area contributed by atoms with Crippen LogP contribution in [0.5, 0.6) is 0 Å². The molecule has 2 heterocycles. The predicted octanol–water partition coefficient (Wildman–Crippen LogP) is 2.39. The standard InChI is InChI=1S/C15H11ClN2O3/c16-10-5-6-11(17-8-10)14(19)18-12-4-2-1-3-9(12)7-13(18)15(20)21/h1-6,8,13H,7H2,(H,20,21)/t13-/m0/s1. The minimum atomic E-state index is -1.03. The Bertz CT molecular complexity index is 715. The number of carboxylic acids is 1. The fraction of sp³-hybridized carbons (Fsp3) is 0.133. The van der Waals surface area contributed by atoms with Gasteiger partial charge in [0, 0.05) is 18.3 Å². The number of pyridine rings is 1. The molecule has 21 heavy (non-hydrogen) atoms. The number of benzene rings is 1. The molecule has 0 bridgehead atoms. The van der Waals surface area contributed by atoms with E-state index < -0.39 is 17.9 Å². The lowest BCUT2D eigenvalue weighted by molar-refractivity contribution is -0.138. The van der Waals surface area contributed by atoms with E-state index in [1.54, 1.807) is 18.2 Å². The summed E-state index contributed by atoms with van der Waals surface area (Å²) in [5.41, 5.74) is 1.63. The number of anilines is 1. The van der Waals surface area contributed by atoms with Crippen molar-refractivity contribution >= 4 is 29.2 Å². The summed E-state index contributed by atoms with van der Waals surface area (Å²) in [5, 5.41) is 9.78. The van der Waals surface area contributed by atoms with Crippen molar-refractivity contribution in [3.63, 3.8) is 0 Å². The lowest BCUT2D eigenvalue weighted by atomic mass is 10.1. The van der Waals surface area contributed by atoms with Crippen LogP contribution in [0.25, 0.3) is 0 Å². The molecule has 0 spiro atoms. The number of fused-ring (bicyclic) bond motifs is 1. The minimum Gasteiger partial charge on any atom is -0.480 e. The van der Waals surface area contributed by atoms with Crippen molar-refractivity contribution in [2.75, 3.05) is 4.90 Å². The first-order chi connectivity index (χ1) is 10.1. The molecule has 2 aromatic rings. The fourth-order valence-electron chi connectivity index (χ4n) is 2.46. The number of rotatable bonds is 2. The Morgan fingerprint density at radius 2 is 2.00 bits per heavy atom. The molecule has 0 radical (unpaired) electrons. The first kappa shape index (κ1) is 13.6. The normalized spacial score (nSPS) is 16.6. The van der Waals surface area contributed by atoms with Crippen molar-refractivity contribution in [1.82, 2.24) is 4.98 Å². The number of para-hydroxylation sites is 1. The van der Waals surface area contributed by atoms with Crippen molar-refractivity contribution < 1.29 is 14.7 Å². The van der Waals surface area contributed by atoms with Crippen molar-refractivity contribution in [1.29, 1.82) is 0 Å². The smallest absolute Gasteiger partial charge is 0.327 e. The van der Waals surface area contributed by atoms with E-state index in [0.29, 0.717) is 17.1 Å². The minimum absolute atomic E-state index is 0.169. The van der Waals surface area contributed by atoms with Gasteiger partial charge in [-0.15, -0.1) is 0 Å². The molecule has 6 heteroatoms. The molecule has 0 fully saturated rings. The zero-order valence-corrected chi connectivity index (χ0v) is 11.6. The molecule has 1 amide bonds. The van der Waals surface area contributed by atoms with Crippen LogP contribution in [0.2, 0.25) is 5.02 Å². The molecule has 0 aliphatic carbocycles. The first-order valence-corrected chi connectivity index (χ1v) is 6.71. The molecule has 1 aromatic heterocycles. The summed E-state index contributed by atoms with van der Waals surface area (Å²) < 4.78 is 0. The van der Waals surface area contributed by atoms with Crippen LogP contribution < -0.4 is 4.90 Å². The summed E-state index contributed by atoms with van der Waals surface area (Å²) >= 11 is 5.75. The highest BCUT2D eigenvalue weighted by Crippen LogP contribution is 2.33. The highest BCUT2D eigenvalue weighted by Gasteiger charge is 2.38. The number of aromatic nitrogens is 1. The Labute approximate surface area is 125 Å². The molecule has 106 valence electrons. The lowest BCUT2D eigenvalue weighted by Crippen LogP contribution is -2.43. The van der Waals surface area contributed by atoms with Gasteiger partial charge in [-0.2, -0.15) is 0 Å². The average Bonchev–Trinajstić information content (AvgIpc) is 2.87. The third-order valence-electron chi connectivity index (χ3n) is 3.43. The van der Waals surface area contributed by atoms with E-state index in [4.69, 9.17) is 11.6 Å². The second-order valence-corrected chi connectivity index (χ2v) is 5.16. The lowest BCUT2D eigenvalue weighted by Gasteiger charge is -2.22. The summed E-state index contributed by atoms with van der Waals surface area (Å²) in [7, 11) is 0. The van der Waals surface area contributed by atoms with E-state index in [-0.39, 0.29) is 5.69 Å². The molecule has 3 rings (SSSR count). The van der Waals surface area contributed by atoms with Gasteiger partial charge in [-0.25, -0.2) is 9.78 Å². The molecular weight excluding hydrogens is 292 g/mol.